The molecule has 7 heteroatoms. The molecule has 124 valence electrons. The zero-order chi connectivity index (χ0) is 16.7. The zero-order valence-corrected chi connectivity index (χ0v) is 13.2. The van der Waals surface area contributed by atoms with Crippen LogP contribution >= 0.6 is 11.3 Å². The first kappa shape index (κ1) is 15.4. The van der Waals surface area contributed by atoms with Crippen LogP contribution in [-0.4, -0.2) is 11.6 Å². The van der Waals surface area contributed by atoms with Gasteiger partial charge >= 0.3 is 6.18 Å². The van der Waals surface area contributed by atoms with E-state index in [1.165, 1.54) is 23.0 Å². The summed E-state index contributed by atoms with van der Waals surface area (Å²) in [6.07, 6.45) is -3.84. The van der Waals surface area contributed by atoms with Gasteiger partial charge in [-0.2, -0.15) is 13.2 Å². The third kappa shape index (κ3) is 2.85. The van der Waals surface area contributed by atoms with Gasteiger partial charge in [0.1, 0.15) is 0 Å². The second-order valence-electron chi connectivity index (χ2n) is 5.54. The number of alkyl halides is 3. The number of ether oxygens (including phenoxy) is 1. The van der Waals surface area contributed by atoms with Crippen molar-refractivity contribution in [3.63, 3.8) is 0 Å². The minimum absolute atomic E-state index is 0.336. The quantitative estimate of drug-likeness (QED) is 0.706. The molecule has 24 heavy (non-hydrogen) atoms. The SMILES string of the molecule is FC(F)(F)c1ccc2nc(NC3OCCc4ccccc43)sc2c1. The maximum absolute atomic E-state index is 12.8. The Bertz CT molecular complexity index is 891. The van der Waals surface area contributed by atoms with Crippen LogP contribution in [0.15, 0.2) is 42.5 Å². The highest BCUT2D eigenvalue weighted by Crippen LogP contribution is 2.36. The van der Waals surface area contributed by atoms with Crippen molar-refractivity contribution in [3.8, 4) is 0 Å². The fourth-order valence-electron chi connectivity index (χ4n) is 2.79. The van der Waals surface area contributed by atoms with Gasteiger partial charge < -0.3 is 10.1 Å². The third-order valence-corrected chi connectivity index (χ3v) is 4.91. The van der Waals surface area contributed by atoms with E-state index in [1.807, 2.05) is 18.2 Å². The van der Waals surface area contributed by atoms with E-state index in [4.69, 9.17) is 4.74 Å². The van der Waals surface area contributed by atoms with E-state index in [-0.39, 0.29) is 6.23 Å². The lowest BCUT2D eigenvalue weighted by atomic mass is 10.0. The molecule has 0 saturated carbocycles. The van der Waals surface area contributed by atoms with Crippen LogP contribution in [0.5, 0.6) is 0 Å². The molecule has 0 amide bonds. The molecule has 1 atom stereocenters. The Labute approximate surface area is 140 Å². The summed E-state index contributed by atoms with van der Waals surface area (Å²) in [5.41, 5.74) is 2.13. The second-order valence-corrected chi connectivity index (χ2v) is 6.57. The lowest BCUT2D eigenvalue weighted by Crippen LogP contribution is -2.22. The lowest BCUT2D eigenvalue weighted by molar-refractivity contribution is -0.137. The number of thiazole rings is 1. The number of nitrogens with zero attached hydrogens (tertiary/aromatic N) is 1. The molecule has 0 fully saturated rings. The largest absolute Gasteiger partial charge is 0.416 e. The number of aromatic nitrogens is 1. The third-order valence-electron chi connectivity index (χ3n) is 3.96. The first-order chi connectivity index (χ1) is 11.5. The average molecular weight is 350 g/mol. The van der Waals surface area contributed by atoms with Crippen molar-refractivity contribution in [2.75, 3.05) is 11.9 Å². The topological polar surface area (TPSA) is 34.2 Å². The van der Waals surface area contributed by atoms with Crippen LogP contribution in [0.4, 0.5) is 18.3 Å². The minimum atomic E-state index is -4.35. The van der Waals surface area contributed by atoms with Gasteiger partial charge in [-0.05, 0) is 30.2 Å². The Balaban J connectivity index is 1.64. The summed E-state index contributed by atoms with van der Waals surface area (Å²) in [4.78, 5) is 4.36. The fraction of sp³-hybridized carbons (Fsp3) is 0.235. The van der Waals surface area contributed by atoms with E-state index >= 15 is 0 Å². The van der Waals surface area contributed by atoms with Crippen LogP contribution in [0.25, 0.3) is 10.2 Å². The van der Waals surface area contributed by atoms with Crippen molar-refractivity contribution in [2.45, 2.75) is 18.8 Å². The summed E-state index contributed by atoms with van der Waals surface area (Å²) >= 11 is 1.19. The summed E-state index contributed by atoms with van der Waals surface area (Å²) in [6.45, 7) is 0.595. The summed E-state index contributed by atoms with van der Waals surface area (Å²) < 4.78 is 44.7. The molecule has 0 radical (unpaired) electrons. The summed E-state index contributed by atoms with van der Waals surface area (Å²) in [7, 11) is 0. The molecule has 0 aliphatic carbocycles. The molecule has 3 nitrogen and oxygen atoms in total. The van der Waals surface area contributed by atoms with Crippen molar-refractivity contribution in [1.82, 2.24) is 4.98 Å². The highest BCUT2D eigenvalue weighted by molar-refractivity contribution is 7.22. The first-order valence-electron chi connectivity index (χ1n) is 7.44. The molecule has 1 unspecified atom stereocenters. The van der Waals surface area contributed by atoms with Crippen molar-refractivity contribution in [2.24, 2.45) is 0 Å². The number of fused-ring (bicyclic) bond motifs is 2. The van der Waals surface area contributed by atoms with Crippen molar-refractivity contribution in [1.29, 1.82) is 0 Å². The standard InChI is InChI=1S/C17H13F3N2OS/c18-17(19,20)11-5-6-13-14(9-11)24-16(21-13)22-15-12-4-2-1-3-10(12)7-8-23-15/h1-6,9,15H,7-8H2,(H,21,22). The lowest BCUT2D eigenvalue weighted by Gasteiger charge is -2.26. The second kappa shape index (κ2) is 5.75. The normalized spacial score (nSPS) is 17.7. The molecule has 0 bridgehead atoms. The summed E-state index contributed by atoms with van der Waals surface area (Å²) in [5.74, 6) is 0. The Hall–Kier alpha value is -2.12. The van der Waals surface area contributed by atoms with E-state index in [0.29, 0.717) is 22.0 Å². The van der Waals surface area contributed by atoms with Gasteiger partial charge in [-0.25, -0.2) is 4.98 Å². The fourth-order valence-corrected chi connectivity index (χ4v) is 3.71. The molecule has 1 aliphatic rings. The highest BCUT2D eigenvalue weighted by atomic mass is 32.1. The zero-order valence-electron chi connectivity index (χ0n) is 12.4. The number of benzene rings is 2. The van der Waals surface area contributed by atoms with Crippen LogP contribution in [-0.2, 0) is 17.3 Å². The van der Waals surface area contributed by atoms with Crippen molar-refractivity contribution >= 4 is 26.7 Å². The highest BCUT2D eigenvalue weighted by Gasteiger charge is 2.31. The molecule has 4 rings (SSSR count). The molecule has 0 spiro atoms. The number of hydrogen-bond acceptors (Lipinski definition) is 4. The van der Waals surface area contributed by atoms with Gasteiger partial charge in [0.25, 0.3) is 0 Å². The van der Waals surface area contributed by atoms with Crippen LogP contribution in [0.3, 0.4) is 0 Å². The predicted octanol–water partition coefficient (Wildman–Crippen LogP) is 5.00. The molecule has 2 heterocycles. The first-order valence-corrected chi connectivity index (χ1v) is 8.26. The van der Waals surface area contributed by atoms with Gasteiger partial charge in [0.2, 0.25) is 0 Å². The van der Waals surface area contributed by atoms with Gasteiger partial charge in [0.05, 0.1) is 22.4 Å². The van der Waals surface area contributed by atoms with Crippen molar-refractivity contribution < 1.29 is 17.9 Å². The van der Waals surface area contributed by atoms with Crippen molar-refractivity contribution in [3.05, 3.63) is 59.2 Å². The molecule has 3 aromatic rings. The van der Waals surface area contributed by atoms with Crippen LogP contribution in [0.2, 0.25) is 0 Å². The van der Waals surface area contributed by atoms with Crippen LogP contribution < -0.4 is 5.32 Å². The Morgan fingerprint density at radius 3 is 2.83 bits per heavy atom. The van der Waals surface area contributed by atoms with Gasteiger partial charge in [-0.3, -0.25) is 0 Å². The Kier molecular flexibility index (Phi) is 3.69. The van der Waals surface area contributed by atoms with Crippen LogP contribution in [0, 0.1) is 0 Å². The molecular weight excluding hydrogens is 337 g/mol. The minimum Gasteiger partial charge on any atom is -0.354 e. The number of hydrogen-bond donors (Lipinski definition) is 1. The van der Waals surface area contributed by atoms with E-state index in [0.717, 1.165) is 24.1 Å². The number of nitrogens with one attached hydrogen (secondary N) is 1. The number of rotatable bonds is 2. The average Bonchev–Trinajstić information content (AvgIpc) is 2.96. The van der Waals surface area contributed by atoms with E-state index in [9.17, 15) is 13.2 Å². The molecule has 1 aliphatic heterocycles. The molecular formula is C17H13F3N2OS. The summed E-state index contributed by atoms with van der Waals surface area (Å²) in [5, 5.41) is 3.74. The van der Waals surface area contributed by atoms with E-state index in [2.05, 4.69) is 16.4 Å². The summed E-state index contributed by atoms with van der Waals surface area (Å²) in [6, 6.07) is 11.6. The number of anilines is 1. The van der Waals surface area contributed by atoms with Gasteiger partial charge in [0.15, 0.2) is 11.4 Å². The van der Waals surface area contributed by atoms with Gasteiger partial charge in [-0.1, -0.05) is 35.6 Å². The van der Waals surface area contributed by atoms with Gasteiger partial charge in [0, 0.05) is 5.56 Å². The van der Waals surface area contributed by atoms with E-state index < -0.39 is 11.7 Å². The molecule has 1 N–H and O–H groups in total. The molecule has 2 aromatic carbocycles. The van der Waals surface area contributed by atoms with Crippen LogP contribution in [0.1, 0.15) is 22.9 Å². The van der Waals surface area contributed by atoms with Gasteiger partial charge in [-0.15, -0.1) is 0 Å². The maximum atomic E-state index is 12.8. The smallest absolute Gasteiger partial charge is 0.354 e. The Morgan fingerprint density at radius 1 is 1.17 bits per heavy atom. The molecule has 0 saturated heterocycles. The molecule has 1 aromatic heterocycles. The number of halogens is 3. The Morgan fingerprint density at radius 2 is 2.00 bits per heavy atom. The monoisotopic (exact) mass is 350 g/mol. The van der Waals surface area contributed by atoms with E-state index in [1.54, 1.807) is 0 Å². The predicted molar refractivity (Wildman–Crippen MR) is 87.1 cm³/mol. The maximum Gasteiger partial charge on any atom is 0.416 e.